The lowest BCUT2D eigenvalue weighted by Crippen LogP contribution is -2.53. The van der Waals surface area contributed by atoms with Crippen molar-refractivity contribution in [2.45, 2.75) is 91.5 Å². The van der Waals surface area contributed by atoms with Gasteiger partial charge in [0.1, 0.15) is 11.4 Å². The van der Waals surface area contributed by atoms with Crippen LogP contribution in [-0.4, -0.2) is 33.8 Å². The molecule has 1 aliphatic heterocycles. The van der Waals surface area contributed by atoms with Crippen LogP contribution in [0.5, 0.6) is 5.75 Å². The summed E-state index contributed by atoms with van der Waals surface area (Å²) < 4.78 is 17.9. The van der Waals surface area contributed by atoms with Gasteiger partial charge in [-0.15, -0.1) is 0 Å². The first-order chi connectivity index (χ1) is 12.3. The van der Waals surface area contributed by atoms with E-state index in [9.17, 15) is 4.79 Å². The topological polar surface area (TPSA) is 44.8 Å². The van der Waals surface area contributed by atoms with Crippen molar-refractivity contribution < 1.29 is 18.7 Å². The van der Waals surface area contributed by atoms with Gasteiger partial charge in [-0.05, 0) is 68.5 Å². The van der Waals surface area contributed by atoms with E-state index in [4.69, 9.17) is 13.9 Å². The van der Waals surface area contributed by atoms with Gasteiger partial charge in [0.15, 0.2) is 9.04 Å². The second kappa shape index (κ2) is 7.59. The van der Waals surface area contributed by atoms with Gasteiger partial charge in [0.25, 0.3) is 0 Å². The maximum atomic E-state index is 12.1. The third-order valence-corrected chi connectivity index (χ3v) is 6.57. The molecule has 1 aromatic rings. The molecule has 1 aliphatic rings. The van der Waals surface area contributed by atoms with Crippen molar-refractivity contribution in [2.24, 2.45) is 0 Å². The number of hydrogen-bond donors (Lipinski definition) is 0. The number of esters is 1. The van der Waals surface area contributed by atoms with E-state index in [-0.39, 0.29) is 23.9 Å². The highest BCUT2D eigenvalue weighted by atomic mass is 28.3. The average Bonchev–Trinajstić information content (AvgIpc) is 2.52. The van der Waals surface area contributed by atoms with Gasteiger partial charge in [0, 0.05) is 12.0 Å². The van der Waals surface area contributed by atoms with E-state index in [1.54, 1.807) is 0 Å². The predicted molar refractivity (Wildman–Crippen MR) is 112 cm³/mol. The van der Waals surface area contributed by atoms with E-state index in [0.717, 1.165) is 17.7 Å². The highest BCUT2D eigenvalue weighted by Crippen LogP contribution is 2.45. The minimum atomic E-state index is -1.31. The largest absolute Gasteiger partial charge is 0.484 e. The molecule has 2 unspecified atom stereocenters. The van der Waals surface area contributed by atoms with Gasteiger partial charge in [-0.25, -0.2) is 0 Å². The Kier molecular flexibility index (Phi) is 6.17. The van der Waals surface area contributed by atoms with Crippen molar-refractivity contribution in [3.8, 4) is 5.75 Å². The molecule has 152 valence electrons. The number of fused-ring (bicyclic) bond motifs is 1. The van der Waals surface area contributed by atoms with Crippen molar-refractivity contribution in [3.63, 3.8) is 0 Å². The lowest BCUT2D eigenvalue weighted by molar-refractivity contribution is -0.149. The van der Waals surface area contributed by atoms with E-state index >= 15 is 0 Å². The molecule has 0 aliphatic carbocycles. The van der Waals surface area contributed by atoms with E-state index in [2.05, 4.69) is 54.6 Å². The van der Waals surface area contributed by atoms with Gasteiger partial charge in [-0.1, -0.05) is 20.8 Å². The third-order valence-electron chi connectivity index (χ3n) is 5.70. The normalized spacial score (nSPS) is 22.4. The van der Waals surface area contributed by atoms with Crippen molar-refractivity contribution in [1.29, 1.82) is 0 Å². The van der Waals surface area contributed by atoms with Crippen molar-refractivity contribution in [1.82, 2.24) is 0 Å². The Morgan fingerprint density at radius 1 is 1.19 bits per heavy atom. The number of benzene rings is 1. The summed E-state index contributed by atoms with van der Waals surface area (Å²) in [5, 5.41) is 0. The molecule has 2 rings (SSSR count). The summed E-state index contributed by atoms with van der Waals surface area (Å²) in [6, 6.07) is 0. The molecule has 0 bridgehead atoms. The second-order valence-corrected chi connectivity index (χ2v) is 11.7. The van der Waals surface area contributed by atoms with E-state index in [1.165, 1.54) is 29.4 Å². The van der Waals surface area contributed by atoms with Gasteiger partial charge in [-0.2, -0.15) is 0 Å². The first kappa shape index (κ1) is 22.0. The summed E-state index contributed by atoms with van der Waals surface area (Å²) in [5.74, 6) is 0.659. The molecular weight excluding hydrogens is 356 g/mol. The highest BCUT2D eigenvalue weighted by molar-refractivity contribution is 6.48. The summed E-state index contributed by atoms with van der Waals surface area (Å²) >= 11 is 0. The molecule has 5 heteroatoms. The fourth-order valence-electron chi connectivity index (χ4n) is 4.42. The zero-order valence-corrected chi connectivity index (χ0v) is 19.9. The summed E-state index contributed by atoms with van der Waals surface area (Å²) in [6.45, 7) is 19.6. The minimum Gasteiger partial charge on any atom is -0.484 e. The smallest absolute Gasteiger partial charge is 0.309 e. The Labute approximate surface area is 166 Å². The van der Waals surface area contributed by atoms with Crippen LogP contribution in [0, 0.1) is 20.8 Å². The molecule has 0 radical (unpaired) electrons. The fraction of sp³-hybridized carbons (Fsp3) is 0.682. The molecule has 0 amide bonds. The standard InChI is InChI=1S/C22H36O4Si/c1-13-14(2)20-16(15(3)19(13)21(4,5)6)11-17(26-27(9)10)22(7,25-20)12-18(23)24-8/h17,27H,11-12H2,1-10H3. The first-order valence-electron chi connectivity index (χ1n) is 9.86. The number of methoxy groups -OCH3 is 1. The zero-order valence-electron chi connectivity index (χ0n) is 18.7. The second-order valence-electron chi connectivity index (χ2n) is 9.35. The average molecular weight is 393 g/mol. The van der Waals surface area contributed by atoms with Gasteiger partial charge in [0.2, 0.25) is 0 Å². The Morgan fingerprint density at radius 2 is 1.78 bits per heavy atom. The molecule has 2 atom stereocenters. The maximum absolute atomic E-state index is 12.1. The Bertz CT molecular complexity index is 733. The number of hydrogen-bond acceptors (Lipinski definition) is 4. The van der Waals surface area contributed by atoms with Gasteiger partial charge >= 0.3 is 5.97 Å². The molecule has 0 spiro atoms. The van der Waals surface area contributed by atoms with Crippen LogP contribution in [0.1, 0.15) is 61.9 Å². The minimum absolute atomic E-state index is 0.0594. The van der Waals surface area contributed by atoms with Gasteiger partial charge in [0.05, 0.1) is 19.6 Å². The monoisotopic (exact) mass is 392 g/mol. The molecule has 0 aromatic heterocycles. The summed E-state index contributed by atoms with van der Waals surface area (Å²) in [7, 11) is 0.111. The highest BCUT2D eigenvalue weighted by Gasteiger charge is 2.45. The van der Waals surface area contributed by atoms with Crippen LogP contribution < -0.4 is 4.74 Å². The van der Waals surface area contributed by atoms with E-state index in [1.807, 2.05) is 6.92 Å². The summed E-state index contributed by atoms with van der Waals surface area (Å²) in [5.41, 5.74) is 5.69. The first-order valence-corrected chi connectivity index (χ1v) is 12.6. The summed E-state index contributed by atoms with van der Waals surface area (Å²) in [6.07, 6.45) is 0.807. The molecule has 4 nitrogen and oxygen atoms in total. The van der Waals surface area contributed by atoms with Crippen molar-refractivity contribution in [2.75, 3.05) is 7.11 Å². The Hall–Kier alpha value is -1.33. The zero-order chi connectivity index (χ0) is 20.7. The summed E-state index contributed by atoms with van der Waals surface area (Å²) in [4.78, 5) is 12.1. The number of carbonyl (C=O) groups excluding carboxylic acids is 1. The lowest BCUT2D eigenvalue weighted by Gasteiger charge is -2.44. The predicted octanol–water partition coefficient (Wildman–Crippen LogP) is 4.53. The van der Waals surface area contributed by atoms with E-state index < -0.39 is 14.6 Å². The lowest BCUT2D eigenvalue weighted by atomic mass is 9.75. The van der Waals surface area contributed by atoms with Crippen LogP contribution in [-0.2, 0) is 25.8 Å². The Balaban J connectivity index is 2.64. The number of ether oxygens (including phenoxy) is 2. The van der Waals surface area contributed by atoms with Crippen molar-refractivity contribution in [3.05, 3.63) is 27.8 Å². The molecular formula is C22H36O4Si. The van der Waals surface area contributed by atoms with Crippen LogP contribution >= 0.6 is 0 Å². The van der Waals surface area contributed by atoms with E-state index in [0.29, 0.717) is 0 Å². The maximum Gasteiger partial charge on any atom is 0.309 e. The van der Waals surface area contributed by atoms with Crippen LogP contribution in [0.25, 0.3) is 0 Å². The van der Waals surface area contributed by atoms with Gasteiger partial charge < -0.3 is 13.9 Å². The molecule has 1 aromatic carbocycles. The van der Waals surface area contributed by atoms with Crippen molar-refractivity contribution >= 4 is 15.0 Å². The molecule has 0 fully saturated rings. The number of rotatable bonds is 4. The molecule has 0 saturated heterocycles. The molecule has 1 heterocycles. The molecule has 0 N–H and O–H groups in total. The Morgan fingerprint density at radius 3 is 2.26 bits per heavy atom. The van der Waals surface area contributed by atoms with Gasteiger partial charge in [-0.3, -0.25) is 4.79 Å². The third kappa shape index (κ3) is 4.24. The quantitative estimate of drug-likeness (QED) is 0.558. The number of carbonyl (C=O) groups is 1. The van der Waals surface area contributed by atoms with Crippen LogP contribution in [0.4, 0.5) is 0 Å². The van der Waals surface area contributed by atoms with Crippen LogP contribution in [0.3, 0.4) is 0 Å². The van der Waals surface area contributed by atoms with Crippen LogP contribution in [0.15, 0.2) is 0 Å². The SMILES string of the molecule is COC(=O)CC1(C)Oc2c(C)c(C)c(C(C)(C)C)c(C)c2CC1O[SiH](C)C. The van der Waals surface area contributed by atoms with Crippen LogP contribution in [0.2, 0.25) is 13.1 Å². The fourth-order valence-corrected chi connectivity index (χ4v) is 5.47. The molecule has 0 saturated carbocycles. The molecule has 27 heavy (non-hydrogen) atoms.